The van der Waals surface area contributed by atoms with E-state index >= 15 is 0 Å². The lowest BCUT2D eigenvalue weighted by molar-refractivity contribution is 0.184. The molecule has 2 aromatic rings. The van der Waals surface area contributed by atoms with Gasteiger partial charge in [0.05, 0.1) is 18.5 Å². The molecule has 1 aliphatic carbocycles. The van der Waals surface area contributed by atoms with Crippen molar-refractivity contribution in [3.8, 4) is 0 Å². The minimum Gasteiger partial charge on any atom is -0.378 e. The fourth-order valence-electron chi connectivity index (χ4n) is 2.95. The molecule has 0 amide bonds. The molecule has 1 N–H and O–H groups in total. The molecule has 0 spiro atoms. The summed E-state index contributed by atoms with van der Waals surface area (Å²) in [5, 5.41) is 11.3. The van der Waals surface area contributed by atoms with E-state index in [-0.39, 0.29) is 0 Å². The van der Waals surface area contributed by atoms with Gasteiger partial charge in [0.15, 0.2) is 0 Å². The molecular weight excluding hydrogens is 284 g/mol. The quantitative estimate of drug-likeness (QED) is 0.891. The smallest absolute Gasteiger partial charge is 0.119 e. The van der Waals surface area contributed by atoms with E-state index in [1.807, 2.05) is 6.20 Å². The summed E-state index contributed by atoms with van der Waals surface area (Å²) < 4.78 is 7.24. The molecule has 0 saturated carbocycles. The lowest BCUT2D eigenvalue weighted by Crippen LogP contribution is -2.25. The Hall–Kier alpha value is -1.24. The van der Waals surface area contributed by atoms with Crippen LogP contribution >= 0.6 is 11.3 Å². The van der Waals surface area contributed by atoms with Crippen molar-refractivity contribution in [2.24, 2.45) is 0 Å². The number of ether oxygens (including phenoxy) is 1. The average molecular weight is 306 g/mol. The fourth-order valence-corrected chi connectivity index (χ4v) is 3.71. The summed E-state index contributed by atoms with van der Waals surface area (Å²) >= 11 is 1.66. The van der Waals surface area contributed by atoms with Crippen LogP contribution in [0.15, 0.2) is 11.6 Å². The number of thiazole rings is 1. The normalized spacial score (nSPS) is 17.9. The number of hydrogen-bond donors (Lipinski definition) is 1. The molecule has 0 radical (unpaired) electrons. The number of nitrogens with one attached hydrogen (secondary N) is 1. The zero-order valence-electron chi connectivity index (χ0n) is 12.6. The van der Waals surface area contributed by atoms with Crippen LogP contribution in [0.4, 0.5) is 0 Å². The van der Waals surface area contributed by atoms with Crippen LogP contribution in [0, 0.1) is 0 Å². The third-order valence-electron chi connectivity index (χ3n) is 3.96. The highest BCUT2D eigenvalue weighted by Crippen LogP contribution is 2.29. The largest absolute Gasteiger partial charge is 0.378 e. The van der Waals surface area contributed by atoms with E-state index in [4.69, 9.17) is 4.74 Å². The first-order chi connectivity index (χ1) is 10.3. The second-order valence-corrected chi connectivity index (χ2v) is 6.30. The fraction of sp³-hybridized carbons (Fsp3) is 0.600. The van der Waals surface area contributed by atoms with Gasteiger partial charge in [-0.1, -0.05) is 0 Å². The number of aryl methyl sites for hydroxylation is 1. The number of nitrogens with zero attached hydrogens (tertiary/aromatic N) is 3. The first-order valence-electron chi connectivity index (χ1n) is 7.52. The molecule has 2 aromatic heterocycles. The van der Waals surface area contributed by atoms with Crippen molar-refractivity contribution in [2.75, 3.05) is 7.11 Å². The summed E-state index contributed by atoms with van der Waals surface area (Å²) in [4.78, 5) is 4.57. The van der Waals surface area contributed by atoms with Crippen molar-refractivity contribution in [2.45, 2.75) is 51.9 Å². The van der Waals surface area contributed by atoms with Gasteiger partial charge in [-0.15, -0.1) is 11.3 Å². The Morgan fingerprint density at radius 2 is 2.43 bits per heavy atom. The molecule has 3 rings (SSSR count). The van der Waals surface area contributed by atoms with E-state index < -0.39 is 0 Å². The van der Waals surface area contributed by atoms with Crippen LogP contribution < -0.4 is 5.32 Å². The highest BCUT2D eigenvalue weighted by atomic mass is 32.1. The van der Waals surface area contributed by atoms with Gasteiger partial charge in [0.2, 0.25) is 0 Å². The number of fused-ring (bicyclic) bond motifs is 1. The minimum atomic E-state index is 0.404. The average Bonchev–Trinajstić information content (AvgIpc) is 3.12. The molecule has 0 aliphatic heterocycles. The van der Waals surface area contributed by atoms with Gasteiger partial charge in [-0.05, 0) is 26.2 Å². The molecule has 0 fully saturated rings. The number of rotatable bonds is 6. The van der Waals surface area contributed by atoms with Crippen LogP contribution in [0.25, 0.3) is 0 Å². The van der Waals surface area contributed by atoms with Gasteiger partial charge in [-0.2, -0.15) is 5.10 Å². The summed E-state index contributed by atoms with van der Waals surface area (Å²) in [5.41, 5.74) is 3.87. The third kappa shape index (κ3) is 3.17. The molecule has 0 saturated heterocycles. The molecule has 5 nitrogen and oxygen atoms in total. The van der Waals surface area contributed by atoms with Crippen LogP contribution in [-0.4, -0.2) is 21.9 Å². The standard InChI is InChI=1S/C15H22N4OS/c1-3-19-14-6-4-5-13(12(14)8-17-19)16-7-11-10-21-15(18-11)9-20-2/h8,10,13,16H,3-7,9H2,1-2H3/t13-/m0/s1. The number of hydrogen-bond acceptors (Lipinski definition) is 5. The Labute approximate surface area is 129 Å². The Balaban J connectivity index is 1.64. The maximum Gasteiger partial charge on any atom is 0.119 e. The van der Waals surface area contributed by atoms with Crippen molar-refractivity contribution in [3.05, 3.63) is 33.5 Å². The summed E-state index contributed by atoms with van der Waals surface area (Å²) in [6.07, 6.45) is 5.59. The summed E-state index contributed by atoms with van der Waals surface area (Å²) in [6, 6.07) is 0.404. The second kappa shape index (κ2) is 6.68. The second-order valence-electron chi connectivity index (χ2n) is 5.35. The Kier molecular flexibility index (Phi) is 4.67. The topological polar surface area (TPSA) is 52.0 Å². The van der Waals surface area contributed by atoms with E-state index in [0.717, 1.165) is 30.2 Å². The monoisotopic (exact) mass is 306 g/mol. The van der Waals surface area contributed by atoms with E-state index in [1.165, 1.54) is 24.1 Å². The molecule has 114 valence electrons. The van der Waals surface area contributed by atoms with Crippen LogP contribution in [0.5, 0.6) is 0 Å². The first kappa shape index (κ1) is 14.7. The van der Waals surface area contributed by atoms with E-state index in [2.05, 4.69) is 32.4 Å². The zero-order chi connectivity index (χ0) is 14.7. The lowest BCUT2D eigenvalue weighted by Gasteiger charge is -2.23. The third-order valence-corrected chi connectivity index (χ3v) is 4.83. The molecule has 1 atom stereocenters. The molecule has 1 aliphatic rings. The summed E-state index contributed by atoms with van der Waals surface area (Å²) in [6.45, 7) is 4.51. The number of methoxy groups -OCH3 is 1. The summed E-state index contributed by atoms with van der Waals surface area (Å²) in [7, 11) is 1.70. The van der Waals surface area contributed by atoms with Gasteiger partial charge >= 0.3 is 0 Å². The van der Waals surface area contributed by atoms with E-state index in [1.54, 1.807) is 18.4 Å². The van der Waals surface area contributed by atoms with Crippen molar-refractivity contribution in [1.82, 2.24) is 20.1 Å². The molecule has 0 unspecified atom stereocenters. The van der Waals surface area contributed by atoms with Crippen LogP contribution in [0.2, 0.25) is 0 Å². The maximum atomic E-state index is 5.11. The van der Waals surface area contributed by atoms with Crippen LogP contribution in [-0.2, 0) is 30.9 Å². The Bertz CT molecular complexity index is 592. The molecule has 0 aromatic carbocycles. The van der Waals surface area contributed by atoms with Crippen molar-refractivity contribution < 1.29 is 4.74 Å². The van der Waals surface area contributed by atoms with Crippen molar-refractivity contribution >= 4 is 11.3 Å². The van der Waals surface area contributed by atoms with Gasteiger partial charge in [0, 0.05) is 42.9 Å². The molecule has 0 bridgehead atoms. The van der Waals surface area contributed by atoms with Crippen LogP contribution in [0.1, 0.15) is 47.8 Å². The van der Waals surface area contributed by atoms with E-state index in [0.29, 0.717) is 12.6 Å². The first-order valence-corrected chi connectivity index (χ1v) is 8.40. The molecule has 6 heteroatoms. The predicted octanol–water partition coefficient (Wildman–Crippen LogP) is 2.67. The van der Waals surface area contributed by atoms with Gasteiger partial charge in [0.1, 0.15) is 5.01 Å². The van der Waals surface area contributed by atoms with Gasteiger partial charge in [-0.25, -0.2) is 4.98 Å². The maximum absolute atomic E-state index is 5.11. The Morgan fingerprint density at radius 3 is 3.24 bits per heavy atom. The van der Waals surface area contributed by atoms with Gasteiger partial charge in [0.25, 0.3) is 0 Å². The highest BCUT2D eigenvalue weighted by molar-refractivity contribution is 7.09. The van der Waals surface area contributed by atoms with Gasteiger partial charge < -0.3 is 10.1 Å². The lowest BCUT2D eigenvalue weighted by atomic mass is 9.93. The minimum absolute atomic E-state index is 0.404. The highest BCUT2D eigenvalue weighted by Gasteiger charge is 2.23. The molecule has 21 heavy (non-hydrogen) atoms. The zero-order valence-corrected chi connectivity index (χ0v) is 13.4. The SMILES string of the molecule is CCn1ncc2c1CCC[C@@H]2NCc1csc(COC)n1. The predicted molar refractivity (Wildman–Crippen MR) is 83.2 cm³/mol. The van der Waals surface area contributed by atoms with Crippen molar-refractivity contribution in [3.63, 3.8) is 0 Å². The summed E-state index contributed by atoms with van der Waals surface area (Å²) in [5.74, 6) is 0. The molecular formula is C15H22N4OS. The van der Waals surface area contributed by atoms with E-state index in [9.17, 15) is 0 Å². The molecule has 2 heterocycles. The number of aromatic nitrogens is 3. The van der Waals surface area contributed by atoms with Gasteiger partial charge in [-0.3, -0.25) is 4.68 Å². The Morgan fingerprint density at radius 1 is 1.52 bits per heavy atom. The van der Waals surface area contributed by atoms with Crippen molar-refractivity contribution in [1.29, 1.82) is 0 Å². The van der Waals surface area contributed by atoms with Crippen LogP contribution in [0.3, 0.4) is 0 Å².